The van der Waals surface area contributed by atoms with Gasteiger partial charge in [-0.25, -0.2) is 9.48 Å². The molecule has 0 bridgehead atoms. The maximum Gasteiger partial charge on any atom is 0.338 e. The number of fused-ring (bicyclic) bond motifs is 1. The van der Waals surface area contributed by atoms with E-state index in [1.54, 1.807) is 16.8 Å². The number of aryl methyl sites for hydroxylation is 3. The van der Waals surface area contributed by atoms with E-state index < -0.39 is 5.97 Å². The Morgan fingerprint density at radius 3 is 2.76 bits per heavy atom. The average molecular weight is 281 g/mol. The molecule has 0 amide bonds. The highest BCUT2D eigenvalue weighted by Crippen LogP contribution is 2.17. The quantitative estimate of drug-likeness (QED) is 0.798. The molecular weight excluding hydrogens is 266 g/mol. The summed E-state index contributed by atoms with van der Waals surface area (Å²) >= 11 is 0. The number of carboxylic acid groups (broad SMARTS) is 1. The lowest BCUT2D eigenvalue weighted by Crippen LogP contribution is -2.04. The van der Waals surface area contributed by atoms with Crippen molar-refractivity contribution in [3.8, 4) is 0 Å². The molecule has 0 spiro atoms. The molecule has 2 aromatic carbocycles. The molecule has 1 heterocycles. The fraction of sp³-hybridized carbons (Fsp3) is 0.188. The van der Waals surface area contributed by atoms with Crippen molar-refractivity contribution in [1.82, 2.24) is 15.0 Å². The first-order chi connectivity index (χ1) is 10.2. The molecule has 0 fully saturated rings. The van der Waals surface area contributed by atoms with Crippen LogP contribution in [0.2, 0.25) is 0 Å². The second-order valence-corrected chi connectivity index (χ2v) is 4.97. The third kappa shape index (κ3) is 2.50. The largest absolute Gasteiger partial charge is 0.478 e. The van der Waals surface area contributed by atoms with Gasteiger partial charge in [0.25, 0.3) is 0 Å². The summed E-state index contributed by atoms with van der Waals surface area (Å²) in [5, 5.41) is 17.3. The van der Waals surface area contributed by atoms with Crippen molar-refractivity contribution in [3.63, 3.8) is 0 Å². The minimum atomic E-state index is -0.980. The zero-order chi connectivity index (χ0) is 14.8. The van der Waals surface area contributed by atoms with E-state index in [0.717, 1.165) is 11.9 Å². The second kappa shape index (κ2) is 5.36. The molecule has 0 aliphatic carbocycles. The molecule has 3 aromatic rings. The van der Waals surface area contributed by atoms with Crippen molar-refractivity contribution in [2.45, 2.75) is 19.9 Å². The van der Waals surface area contributed by atoms with Gasteiger partial charge in [0.1, 0.15) is 5.52 Å². The number of carbonyl (C=O) groups is 1. The van der Waals surface area contributed by atoms with Crippen LogP contribution in [0, 0.1) is 6.92 Å². The SMILES string of the molecule is Cc1ccccc1CCn1nnc2c(C(=O)O)cccc21. The third-order valence-electron chi connectivity index (χ3n) is 3.63. The van der Waals surface area contributed by atoms with Crippen LogP contribution < -0.4 is 0 Å². The van der Waals surface area contributed by atoms with E-state index in [1.165, 1.54) is 11.1 Å². The molecule has 0 atom stereocenters. The molecule has 0 aliphatic heterocycles. The normalized spacial score (nSPS) is 10.9. The fourth-order valence-corrected chi connectivity index (χ4v) is 2.45. The maximum atomic E-state index is 11.2. The Morgan fingerprint density at radius 2 is 2.00 bits per heavy atom. The number of hydrogen-bond acceptors (Lipinski definition) is 3. The molecule has 0 saturated heterocycles. The van der Waals surface area contributed by atoms with Gasteiger partial charge in [0, 0.05) is 6.54 Å². The molecule has 5 nitrogen and oxygen atoms in total. The lowest BCUT2D eigenvalue weighted by atomic mass is 10.1. The van der Waals surface area contributed by atoms with Crippen LogP contribution in [-0.2, 0) is 13.0 Å². The number of benzene rings is 2. The Labute approximate surface area is 121 Å². The topological polar surface area (TPSA) is 68.0 Å². The molecule has 3 rings (SSSR count). The number of carboxylic acids is 1. The lowest BCUT2D eigenvalue weighted by molar-refractivity contribution is 0.0699. The highest BCUT2D eigenvalue weighted by atomic mass is 16.4. The summed E-state index contributed by atoms with van der Waals surface area (Å²) < 4.78 is 1.76. The predicted molar refractivity (Wildman–Crippen MR) is 79.4 cm³/mol. The Bertz CT molecular complexity index is 808. The van der Waals surface area contributed by atoms with Gasteiger partial charge in [-0.15, -0.1) is 5.10 Å². The summed E-state index contributed by atoms with van der Waals surface area (Å²) in [5.74, 6) is -0.980. The smallest absolute Gasteiger partial charge is 0.338 e. The van der Waals surface area contributed by atoms with Crippen molar-refractivity contribution in [1.29, 1.82) is 0 Å². The maximum absolute atomic E-state index is 11.2. The number of rotatable bonds is 4. The van der Waals surface area contributed by atoms with Crippen molar-refractivity contribution in [2.24, 2.45) is 0 Å². The van der Waals surface area contributed by atoms with Crippen LogP contribution in [0.3, 0.4) is 0 Å². The molecule has 0 radical (unpaired) electrons. The number of nitrogens with zero attached hydrogens (tertiary/aromatic N) is 3. The van der Waals surface area contributed by atoms with Crippen LogP contribution in [0.5, 0.6) is 0 Å². The van der Waals surface area contributed by atoms with E-state index in [0.29, 0.717) is 12.1 Å². The Kier molecular flexibility index (Phi) is 3.39. The first-order valence-electron chi connectivity index (χ1n) is 6.77. The van der Waals surface area contributed by atoms with Gasteiger partial charge in [-0.3, -0.25) is 0 Å². The molecule has 5 heteroatoms. The summed E-state index contributed by atoms with van der Waals surface area (Å²) in [7, 11) is 0. The second-order valence-electron chi connectivity index (χ2n) is 4.97. The van der Waals surface area contributed by atoms with E-state index in [4.69, 9.17) is 5.11 Å². The first-order valence-corrected chi connectivity index (χ1v) is 6.77. The van der Waals surface area contributed by atoms with Crippen molar-refractivity contribution < 1.29 is 9.90 Å². The highest BCUT2D eigenvalue weighted by Gasteiger charge is 2.13. The monoisotopic (exact) mass is 281 g/mol. The molecule has 0 aliphatic rings. The van der Waals surface area contributed by atoms with Gasteiger partial charge in [-0.05, 0) is 36.6 Å². The predicted octanol–water partition coefficient (Wildman–Crippen LogP) is 2.68. The van der Waals surface area contributed by atoms with E-state index in [2.05, 4.69) is 29.4 Å². The summed E-state index contributed by atoms with van der Waals surface area (Å²) in [4.78, 5) is 11.2. The van der Waals surface area contributed by atoms with E-state index in [9.17, 15) is 4.79 Å². The highest BCUT2D eigenvalue weighted by molar-refractivity contribution is 6.00. The van der Waals surface area contributed by atoms with Crippen LogP contribution in [0.15, 0.2) is 42.5 Å². The Balaban J connectivity index is 1.90. The standard InChI is InChI=1S/C16H15N3O2/c1-11-5-2-3-6-12(11)9-10-19-14-8-4-7-13(16(20)21)15(14)17-18-19/h2-8H,9-10H2,1H3,(H,20,21). The van der Waals surface area contributed by atoms with Gasteiger partial charge in [0.2, 0.25) is 0 Å². The van der Waals surface area contributed by atoms with Crippen LogP contribution >= 0.6 is 0 Å². The summed E-state index contributed by atoms with van der Waals surface area (Å²) in [6.07, 6.45) is 0.836. The van der Waals surface area contributed by atoms with E-state index in [1.807, 2.05) is 18.2 Å². The van der Waals surface area contributed by atoms with Crippen molar-refractivity contribution in [2.75, 3.05) is 0 Å². The van der Waals surface area contributed by atoms with Gasteiger partial charge in [-0.1, -0.05) is 35.5 Å². The van der Waals surface area contributed by atoms with Crippen LogP contribution in [0.1, 0.15) is 21.5 Å². The zero-order valence-electron chi connectivity index (χ0n) is 11.7. The molecule has 1 aromatic heterocycles. The fourth-order valence-electron chi connectivity index (χ4n) is 2.45. The Morgan fingerprint density at radius 1 is 1.19 bits per heavy atom. The van der Waals surface area contributed by atoms with E-state index in [-0.39, 0.29) is 5.56 Å². The number of aromatic carboxylic acids is 1. The minimum Gasteiger partial charge on any atom is -0.478 e. The van der Waals surface area contributed by atoms with Crippen LogP contribution in [0.4, 0.5) is 0 Å². The van der Waals surface area contributed by atoms with Crippen LogP contribution in [0.25, 0.3) is 11.0 Å². The van der Waals surface area contributed by atoms with Crippen LogP contribution in [-0.4, -0.2) is 26.1 Å². The molecule has 0 unspecified atom stereocenters. The summed E-state index contributed by atoms with van der Waals surface area (Å²) in [6, 6.07) is 13.3. The lowest BCUT2D eigenvalue weighted by Gasteiger charge is -2.06. The van der Waals surface area contributed by atoms with Gasteiger partial charge >= 0.3 is 5.97 Å². The third-order valence-corrected chi connectivity index (χ3v) is 3.63. The first kappa shape index (κ1) is 13.3. The van der Waals surface area contributed by atoms with E-state index >= 15 is 0 Å². The Hall–Kier alpha value is -2.69. The molecule has 106 valence electrons. The van der Waals surface area contributed by atoms with Gasteiger partial charge in [0.15, 0.2) is 0 Å². The molecule has 0 saturated carbocycles. The van der Waals surface area contributed by atoms with Gasteiger partial charge in [-0.2, -0.15) is 0 Å². The molecule has 1 N–H and O–H groups in total. The van der Waals surface area contributed by atoms with Crippen molar-refractivity contribution in [3.05, 3.63) is 59.2 Å². The van der Waals surface area contributed by atoms with Gasteiger partial charge < -0.3 is 5.11 Å². The van der Waals surface area contributed by atoms with Crippen molar-refractivity contribution >= 4 is 17.0 Å². The number of aromatic nitrogens is 3. The number of hydrogen-bond donors (Lipinski definition) is 1. The minimum absolute atomic E-state index is 0.189. The summed E-state index contributed by atoms with van der Waals surface area (Å²) in [6.45, 7) is 2.75. The summed E-state index contributed by atoms with van der Waals surface area (Å²) in [5.41, 5.74) is 3.89. The molecular formula is C16H15N3O2. The molecule has 21 heavy (non-hydrogen) atoms. The zero-order valence-corrected chi connectivity index (χ0v) is 11.7. The van der Waals surface area contributed by atoms with Gasteiger partial charge in [0.05, 0.1) is 11.1 Å². The average Bonchev–Trinajstić information content (AvgIpc) is 2.89.